The van der Waals surface area contributed by atoms with E-state index < -0.39 is 21.4 Å². The largest absolute Gasteiger partial charge is 0.494 e. The fourth-order valence-corrected chi connectivity index (χ4v) is 4.40. The molecule has 3 aromatic rings. The lowest BCUT2D eigenvalue weighted by Crippen LogP contribution is -2.05. The van der Waals surface area contributed by atoms with Crippen LogP contribution in [0, 0.1) is 16.4 Å². The zero-order valence-electron chi connectivity index (χ0n) is 18.2. The Kier molecular flexibility index (Phi) is 6.73. The van der Waals surface area contributed by atoms with Gasteiger partial charge in [0.15, 0.2) is 5.82 Å². The van der Waals surface area contributed by atoms with Crippen molar-refractivity contribution < 1.29 is 17.7 Å². The van der Waals surface area contributed by atoms with E-state index in [1.165, 1.54) is 24.5 Å². The zero-order valence-corrected chi connectivity index (χ0v) is 19.0. The predicted octanol–water partition coefficient (Wildman–Crippen LogP) is 5.32. The molecule has 1 aromatic heterocycles. The first kappa shape index (κ1) is 22.9. The molecule has 0 saturated heterocycles. The van der Waals surface area contributed by atoms with Crippen LogP contribution in [0.3, 0.4) is 0 Å². The number of rotatable bonds is 2. The van der Waals surface area contributed by atoms with Crippen LogP contribution in [-0.2, 0) is 15.5 Å². The summed E-state index contributed by atoms with van der Waals surface area (Å²) in [6, 6.07) is 9.56. The van der Waals surface area contributed by atoms with E-state index in [0.717, 1.165) is 25.5 Å². The average Bonchev–Trinajstić information content (AvgIpc) is 2.74. The molecule has 0 aliphatic carbocycles. The summed E-state index contributed by atoms with van der Waals surface area (Å²) in [6.07, 6.45) is 4.92. The standard InChI is InChI=1S/C23H25F2N5O2S/c1-33(26,31)14-15-9-17-12-18(10-15)32-8-4-2-3-7-27-21-11-16(5-6-19(21)24)22-20(25)13-28-23(29-17)30-22/h5-6,9-13,26-27H,2-4,7-8,14H2,1H3,(H,28,29,30)/t33-/m1/s1. The SMILES string of the molecule is C[S@@](=N)(=O)Cc1cc2cc(c1)OCCCCCNc1cc(ccc1F)-c1nc(ncc1F)N2. The highest BCUT2D eigenvalue weighted by Crippen LogP contribution is 2.29. The van der Waals surface area contributed by atoms with Crippen LogP contribution < -0.4 is 15.4 Å². The Morgan fingerprint density at radius 2 is 1.97 bits per heavy atom. The van der Waals surface area contributed by atoms with E-state index in [4.69, 9.17) is 9.52 Å². The zero-order chi connectivity index (χ0) is 23.4. The number of hydrogen-bond acceptors (Lipinski definition) is 7. The van der Waals surface area contributed by atoms with E-state index in [-0.39, 0.29) is 23.1 Å². The fourth-order valence-electron chi connectivity index (χ4n) is 3.60. The summed E-state index contributed by atoms with van der Waals surface area (Å²) >= 11 is 0. The molecule has 3 N–H and O–H groups in total. The number of aromatic nitrogens is 2. The van der Waals surface area contributed by atoms with Gasteiger partial charge in [0.2, 0.25) is 5.95 Å². The van der Waals surface area contributed by atoms with Crippen molar-refractivity contribution in [2.45, 2.75) is 25.0 Å². The lowest BCUT2D eigenvalue weighted by molar-refractivity contribution is 0.306. The highest BCUT2D eigenvalue weighted by Gasteiger charge is 2.14. The highest BCUT2D eigenvalue weighted by molar-refractivity contribution is 7.90. The third kappa shape index (κ3) is 6.16. The van der Waals surface area contributed by atoms with Gasteiger partial charge in [0.25, 0.3) is 0 Å². The number of halogens is 2. The summed E-state index contributed by atoms with van der Waals surface area (Å²) in [7, 11) is -2.76. The van der Waals surface area contributed by atoms with Gasteiger partial charge in [-0.1, -0.05) is 0 Å². The minimum Gasteiger partial charge on any atom is -0.494 e. The summed E-state index contributed by atoms with van der Waals surface area (Å²) in [5.74, 6) is -0.275. The first-order chi connectivity index (χ1) is 15.8. The summed E-state index contributed by atoms with van der Waals surface area (Å²) in [5.41, 5.74) is 1.98. The molecule has 6 bridgehead atoms. The molecule has 7 nitrogen and oxygen atoms in total. The van der Waals surface area contributed by atoms with Gasteiger partial charge < -0.3 is 15.4 Å². The maximum atomic E-state index is 14.6. The summed E-state index contributed by atoms with van der Waals surface area (Å²) < 4.78 is 54.5. The number of benzene rings is 2. The molecular formula is C23H25F2N5O2S. The number of nitrogens with zero attached hydrogens (tertiary/aromatic N) is 2. The molecule has 1 aliphatic rings. The van der Waals surface area contributed by atoms with Crippen molar-refractivity contribution in [3.05, 3.63) is 59.8 Å². The summed E-state index contributed by atoms with van der Waals surface area (Å²) in [4.78, 5) is 8.32. The Morgan fingerprint density at radius 1 is 1.12 bits per heavy atom. The number of fused-ring (bicyclic) bond motifs is 7. The van der Waals surface area contributed by atoms with Crippen molar-refractivity contribution in [2.24, 2.45) is 0 Å². The van der Waals surface area contributed by atoms with Gasteiger partial charge >= 0.3 is 0 Å². The molecule has 4 rings (SSSR count). The normalized spacial score (nSPS) is 15.8. The van der Waals surface area contributed by atoms with Gasteiger partial charge in [0.1, 0.15) is 17.3 Å². The third-order valence-corrected chi connectivity index (χ3v) is 5.94. The van der Waals surface area contributed by atoms with Gasteiger partial charge in [0, 0.05) is 39.8 Å². The summed E-state index contributed by atoms with van der Waals surface area (Å²) in [5, 5.41) is 6.10. The predicted molar refractivity (Wildman–Crippen MR) is 125 cm³/mol. The molecule has 1 atom stereocenters. The Balaban J connectivity index is 1.75. The number of hydrogen-bond donors (Lipinski definition) is 3. The molecule has 10 heteroatoms. The van der Waals surface area contributed by atoms with E-state index in [1.54, 1.807) is 18.2 Å². The van der Waals surface area contributed by atoms with Crippen LogP contribution in [0.4, 0.5) is 26.1 Å². The Labute approximate surface area is 191 Å². The first-order valence-electron chi connectivity index (χ1n) is 10.6. The second kappa shape index (κ2) is 9.70. The van der Waals surface area contributed by atoms with Crippen molar-refractivity contribution in [2.75, 3.05) is 30.0 Å². The van der Waals surface area contributed by atoms with Crippen molar-refractivity contribution in [3.63, 3.8) is 0 Å². The van der Waals surface area contributed by atoms with E-state index >= 15 is 0 Å². The van der Waals surface area contributed by atoms with Gasteiger partial charge in [-0.05, 0) is 55.2 Å². The lowest BCUT2D eigenvalue weighted by atomic mass is 10.1. The van der Waals surface area contributed by atoms with Crippen molar-refractivity contribution in [1.82, 2.24) is 9.97 Å². The van der Waals surface area contributed by atoms with Gasteiger partial charge in [-0.25, -0.2) is 23.0 Å². The van der Waals surface area contributed by atoms with Crippen LogP contribution in [0.25, 0.3) is 11.3 Å². The molecule has 2 heterocycles. The average molecular weight is 474 g/mol. The van der Waals surface area contributed by atoms with Crippen LogP contribution >= 0.6 is 0 Å². The summed E-state index contributed by atoms with van der Waals surface area (Å²) in [6.45, 7) is 1.04. The first-order valence-corrected chi connectivity index (χ1v) is 12.7. The molecular weight excluding hydrogens is 448 g/mol. The monoisotopic (exact) mass is 473 g/mol. The van der Waals surface area contributed by atoms with Crippen molar-refractivity contribution in [1.29, 1.82) is 4.78 Å². The van der Waals surface area contributed by atoms with Crippen LogP contribution in [0.15, 0.2) is 42.6 Å². The molecule has 0 amide bonds. The third-order valence-electron chi connectivity index (χ3n) is 5.05. The number of ether oxygens (including phenoxy) is 1. The second-order valence-corrected chi connectivity index (χ2v) is 10.4. The molecule has 0 fully saturated rings. The van der Waals surface area contributed by atoms with Gasteiger partial charge in [-0.15, -0.1) is 0 Å². The fraction of sp³-hybridized carbons (Fsp3) is 0.304. The number of nitrogens with one attached hydrogen (secondary N) is 3. The smallest absolute Gasteiger partial charge is 0.227 e. The van der Waals surface area contributed by atoms with E-state index in [0.29, 0.717) is 35.7 Å². The van der Waals surface area contributed by atoms with E-state index in [2.05, 4.69) is 20.6 Å². The maximum Gasteiger partial charge on any atom is 0.227 e. The van der Waals surface area contributed by atoms with Gasteiger partial charge in [-0.2, -0.15) is 0 Å². The molecule has 0 spiro atoms. The number of anilines is 3. The Morgan fingerprint density at radius 3 is 2.79 bits per heavy atom. The molecule has 2 aromatic carbocycles. The van der Waals surface area contributed by atoms with Crippen LogP contribution in [-0.4, -0.2) is 33.6 Å². The molecule has 1 aliphatic heterocycles. The molecule has 174 valence electrons. The minimum absolute atomic E-state index is 0.0373. The second-order valence-electron chi connectivity index (χ2n) is 8.06. The molecule has 0 unspecified atom stereocenters. The highest BCUT2D eigenvalue weighted by atomic mass is 32.2. The van der Waals surface area contributed by atoms with Crippen LogP contribution in [0.2, 0.25) is 0 Å². The maximum absolute atomic E-state index is 14.6. The van der Waals surface area contributed by atoms with Crippen LogP contribution in [0.1, 0.15) is 24.8 Å². The molecule has 0 radical (unpaired) electrons. The minimum atomic E-state index is -2.76. The molecule has 0 saturated carbocycles. The Hall–Kier alpha value is -3.27. The van der Waals surface area contributed by atoms with Crippen molar-refractivity contribution in [3.8, 4) is 17.0 Å². The quantitative estimate of drug-likeness (QED) is 0.466. The van der Waals surface area contributed by atoms with Gasteiger partial charge in [-0.3, -0.25) is 4.78 Å². The van der Waals surface area contributed by atoms with Crippen molar-refractivity contribution >= 4 is 27.1 Å². The Bertz CT molecular complexity index is 1270. The molecule has 33 heavy (non-hydrogen) atoms. The topological polar surface area (TPSA) is 100.0 Å². The van der Waals surface area contributed by atoms with E-state index in [9.17, 15) is 13.0 Å². The lowest BCUT2D eigenvalue weighted by Gasteiger charge is -2.13. The van der Waals surface area contributed by atoms with Gasteiger partial charge in [0.05, 0.1) is 24.2 Å². The van der Waals surface area contributed by atoms with E-state index in [1.807, 2.05) is 0 Å². The van der Waals surface area contributed by atoms with Crippen LogP contribution in [0.5, 0.6) is 5.75 Å².